The highest BCUT2D eigenvalue weighted by atomic mass is 16.6. The van der Waals surface area contributed by atoms with Crippen LogP contribution in [0.5, 0.6) is 0 Å². The van der Waals surface area contributed by atoms with Gasteiger partial charge in [0.15, 0.2) is 0 Å². The van der Waals surface area contributed by atoms with Gasteiger partial charge in [0.1, 0.15) is 11.9 Å². The zero-order valence-corrected chi connectivity index (χ0v) is 13.5. The Kier molecular flexibility index (Phi) is 5.53. The van der Waals surface area contributed by atoms with Crippen LogP contribution >= 0.6 is 0 Å². The maximum absolute atomic E-state index is 11.7. The summed E-state index contributed by atoms with van der Waals surface area (Å²) < 4.78 is 5.19. The molecule has 0 aromatic heterocycles. The number of rotatable bonds is 5. The number of hydrogen-bond acceptors (Lipinski definition) is 3. The van der Waals surface area contributed by atoms with Crippen molar-refractivity contribution in [3.05, 3.63) is 35.4 Å². The molecule has 0 aliphatic carbocycles. The molecule has 0 aliphatic rings. The van der Waals surface area contributed by atoms with Crippen molar-refractivity contribution in [1.29, 1.82) is 0 Å². The molecule has 1 amide bonds. The van der Waals surface area contributed by atoms with Crippen LogP contribution < -0.4 is 5.32 Å². The van der Waals surface area contributed by atoms with Gasteiger partial charge in [0.05, 0.1) is 0 Å². The van der Waals surface area contributed by atoms with Gasteiger partial charge in [-0.2, -0.15) is 0 Å². The summed E-state index contributed by atoms with van der Waals surface area (Å²) in [5.74, 6) is 0. The minimum absolute atomic E-state index is 0.250. The molecule has 1 aromatic rings. The first-order valence-corrected chi connectivity index (χ1v) is 7.13. The molecule has 0 spiro atoms. The fraction of sp³-hybridized carbons (Fsp3) is 0.529. The number of nitrogens with one attached hydrogen (secondary N) is 1. The van der Waals surface area contributed by atoms with Crippen LogP contribution in [0.3, 0.4) is 0 Å². The lowest BCUT2D eigenvalue weighted by Gasteiger charge is -2.26. The van der Waals surface area contributed by atoms with Crippen molar-refractivity contribution in [1.82, 2.24) is 5.32 Å². The van der Waals surface area contributed by atoms with E-state index in [0.29, 0.717) is 6.42 Å². The lowest BCUT2D eigenvalue weighted by Crippen LogP contribution is -2.41. The third-order valence-electron chi connectivity index (χ3n) is 3.18. The fourth-order valence-electron chi connectivity index (χ4n) is 1.98. The van der Waals surface area contributed by atoms with Gasteiger partial charge in [-0.15, -0.1) is 0 Å². The van der Waals surface area contributed by atoms with Crippen molar-refractivity contribution in [3.8, 4) is 0 Å². The Morgan fingerprint density at radius 1 is 1.24 bits per heavy atom. The van der Waals surface area contributed by atoms with Crippen LogP contribution in [0.4, 0.5) is 4.79 Å². The van der Waals surface area contributed by atoms with Crippen molar-refractivity contribution in [3.63, 3.8) is 0 Å². The predicted octanol–water partition coefficient (Wildman–Crippen LogP) is 3.27. The Morgan fingerprint density at radius 2 is 1.86 bits per heavy atom. The second kappa shape index (κ2) is 6.74. The van der Waals surface area contributed by atoms with Gasteiger partial charge in [-0.3, -0.25) is 0 Å². The Hall–Kier alpha value is -1.84. The number of ether oxygens (including phenoxy) is 1. The third-order valence-corrected chi connectivity index (χ3v) is 3.18. The highest BCUT2D eigenvalue weighted by Gasteiger charge is 2.26. The number of alkyl carbamates (subject to hydrolysis) is 1. The van der Waals surface area contributed by atoms with E-state index >= 15 is 0 Å². The summed E-state index contributed by atoms with van der Waals surface area (Å²) in [5.41, 5.74) is 1.06. The van der Waals surface area contributed by atoms with Crippen LogP contribution in [0.2, 0.25) is 0 Å². The van der Waals surface area contributed by atoms with E-state index < -0.39 is 17.1 Å². The van der Waals surface area contributed by atoms with E-state index in [-0.39, 0.29) is 6.54 Å². The third kappa shape index (κ3) is 5.98. The molecule has 0 fully saturated rings. The summed E-state index contributed by atoms with van der Waals surface area (Å²) in [7, 11) is 0. The van der Waals surface area contributed by atoms with Gasteiger partial charge in [-0.1, -0.05) is 31.2 Å². The lowest BCUT2D eigenvalue weighted by molar-refractivity contribution is -0.115. The molecule has 1 atom stereocenters. The van der Waals surface area contributed by atoms with Gasteiger partial charge >= 0.3 is 6.09 Å². The second-order valence-corrected chi connectivity index (χ2v) is 6.73. The average molecular weight is 291 g/mol. The molecule has 1 aromatic carbocycles. The smallest absolute Gasteiger partial charge is 0.407 e. The number of benzene rings is 1. The minimum atomic E-state index is -0.650. The van der Waals surface area contributed by atoms with Crippen molar-refractivity contribution in [2.24, 2.45) is 5.41 Å². The summed E-state index contributed by atoms with van der Waals surface area (Å²) in [6.45, 7) is 9.52. The Labute approximate surface area is 126 Å². The maximum Gasteiger partial charge on any atom is 0.407 e. The molecule has 0 bridgehead atoms. The monoisotopic (exact) mass is 291 g/mol. The number of carbonyl (C=O) groups excluding carboxylic acids is 2. The van der Waals surface area contributed by atoms with Crippen LogP contribution in [-0.4, -0.2) is 24.5 Å². The van der Waals surface area contributed by atoms with Crippen LogP contribution in [0.25, 0.3) is 0 Å². The highest BCUT2D eigenvalue weighted by Crippen LogP contribution is 2.21. The van der Waals surface area contributed by atoms with Crippen molar-refractivity contribution < 1.29 is 14.3 Å². The molecule has 21 heavy (non-hydrogen) atoms. The van der Waals surface area contributed by atoms with E-state index in [4.69, 9.17) is 4.74 Å². The van der Waals surface area contributed by atoms with Crippen LogP contribution in [0, 0.1) is 12.3 Å². The molecular formula is C17H25NO3. The molecule has 4 nitrogen and oxygen atoms in total. The van der Waals surface area contributed by atoms with E-state index in [2.05, 4.69) is 5.32 Å². The molecule has 0 saturated carbocycles. The van der Waals surface area contributed by atoms with Crippen LogP contribution in [0.15, 0.2) is 24.3 Å². The van der Waals surface area contributed by atoms with Gasteiger partial charge in [0.25, 0.3) is 0 Å². The topological polar surface area (TPSA) is 55.4 Å². The summed E-state index contributed by atoms with van der Waals surface area (Å²) in [5, 5.41) is 2.68. The summed E-state index contributed by atoms with van der Waals surface area (Å²) >= 11 is 0. The largest absolute Gasteiger partial charge is 0.444 e. The van der Waals surface area contributed by atoms with Gasteiger partial charge in [0.2, 0.25) is 0 Å². The molecule has 0 radical (unpaired) electrons. The zero-order valence-electron chi connectivity index (χ0n) is 13.5. The number of aryl methyl sites for hydroxylation is 1. The molecule has 116 valence electrons. The first kappa shape index (κ1) is 17.2. The normalized spacial score (nSPS) is 14.1. The maximum atomic E-state index is 11.7. The standard InChI is InChI=1S/C17H25NO3/c1-13-8-6-7-9-14(13)10-17(5,12-19)11-18-15(20)21-16(2,3)4/h6-9,12H,10-11H2,1-5H3,(H,18,20). The van der Waals surface area contributed by atoms with Crippen LogP contribution in [0.1, 0.15) is 38.8 Å². The zero-order chi connectivity index (χ0) is 16.1. The Morgan fingerprint density at radius 3 is 2.38 bits per heavy atom. The SMILES string of the molecule is Cc1ccccc1CC(C)(C=O)CNC(=O)OC(C)(C)C. The fourth-order valence-corrected chi connectivity index (χ4v) is 1.98. The minimum Gasteiger partial charge on any atom is -0.444 e. The van der Waals surface area contributed by atoms with E-state index in [9.17, 15) is 9.59 Å². The number of hydrogen-bond donors (Lipinski definition) is 1. The summed E-state index contributed by atoms with van der Waals surface area (Å²) in [4.78, 5) is 23.1. The van der Waals surface area contributed by atoms with E-state index in [0.717, 1.165) is 17.4 Å². The van der Waals surface area contributed by atoms with Crippen molar-refractivity contribution in [2.45, 2.75) is 46.6 Å². The van der Waals surface area contributed by atoms with E-state index in [1.807, 2.05) is 38.1 Å². The predicted molar refractivity (Wildman–Crippen MR) is 83.3 cm³/mol. The molecule has 0 saturated heterocycles. The van der Waals surface area contributed by atoms with Gasteiger partial charge in [-0.25, -0.2) is 4.79 Å². The number of amides is 1. The van der Waals surface area contributed by atoms with Gasteiger partial charge in [-0.05, 0) is 45.2 Å². The van der Waals surface area contributed by atoms with Crippen molar-refractivity contribution in [2.75, 3.05) is 6.54 Å². The first-order valence-electron chi connectivity index (χ1n) is 7.13. The number of carbonyl (C=O) groups is 2. The summed E-state index contributed by atoms with van der Waals surface area (Å²) in [6, 6.07) is 7.94. The van der Waals surface area contributed by atoms with Crippen molar-refractivity contribution >= 4 is 12.4 Å². The van der Waals surface area contributed by atoms with Gasteiger partial charge in [0, 0.05) is 12.0 Å². The quantitative estimate of drug-likeness (QED) is 0.847. The Balaban J connectivity index is 2.67. The molecule has 0 heterocycles. The lowest BCUT2D eigenvalue weighted by atomic mass is 9.84. The molecular weight excluding hydrogens is 266 g/mol. The Bertz CT molecular complexity index is 505. The number of aldehydes is 1. The molecule has 1 rings (SSSR count). The van der Waals surface area contributed by atoms with Crippen LogP contribution in [-0.2, 0) is 16.0 Å². The van der Waals surface area contributed by atoms with E-state index in [1.165, 1.54) is 0 Å². The molecule has 1 unspecified atom stereocenters. The average Bonchev–Trinajstić information content (AvgIpc) is 2.37. The second-order valence-electron chi connectivity index (χ2n) is 6.73. The molecule has 1 N–H and O–H groups in total. The summed E-state index contributed by atoms with van der Waals surface area (Å²) in [6.07, 6.45) is 0.982. The molecule has 0 aliphatic heterocycles. The van der Waals surface area contributed by atoms with E-state index in [1.54, 1.807) is 20.8 Å². The first-order chi connectivity index (χ1) is 9.65. The molecule has 4 heteroatoms. The highest BCUT2D eigenvalue weighted by molar-refractivity contribution is 5.69. The van der Waals surface area contributed by atoms with Gasteiger partial charge < -0.3 is 14.8 Å².